The van der Waals surface area contributed by atoms with Crippen molar-refractivity contribution in [1.82, 2.24) is 4.90 Å². The Morgan fingerprint density at radius 3 is 2.67 bits per heavy atom. The molecule has 3 rings (SSSR count). The molecule has 2 heterocycles. The SMILES string of the molecule is CCC(=O)Nc1c(C(=O)N2CCCC2)oc2ccccc12. The van der Waals surface area contributed by atoms with E-state index in [1.54, 1.807) is 17.9 Å². The molecule has 2 aromatic rings. The van der Waals surface area contributed by atoms with Crippen LogP contribution in [0.1, 0.15) is 36.7 Å². The van der Waals surface area contributed by atoms with Crippen LogP contribution in [0.5, 0.6) is 0 Å². The van der Waals surface area contributed by atoms with Crippen molar-refractivity contribution in [2.45, 2.75) is 26.2 Å². The van der Waals surface area contributed by atoms with Crippen LogP contribution in [-0.2, 0) is 4.79 Å². The van der Waals surface area contributed by atoms with Gasteiger partial charge in [0.05, 0.1) is 0 Å². The lowest BCUT2D eigenvalue weighted by molar-refractivity contribution is -0.115. The molecule has 21 heavy (non-hydrogen) atoms. The molecule has 0 aliphatic carbocycles. The van der Waals surface area contributed by atoms with E-state index in [4.69, 9.17) is 4.42 Å². The summed E-state index contributed by atoms with van der Waals surface area (Å²) in [7, 11) is 0. The van der Waals surface area contributed by atoms with Gasteiger partial charge in [-0.05, 0) is 25.0 Å². The summed E-state index contributed by atoms with van der Waals surface area (Å²) in [6.45, 7) is 3.27. The van der Waals surface area contributed by atoms with Crippen molar-refractivity contribution in [3.63, 3.8) is 0 Å². The summed E-state index contributed by atoms with van der Waals surface area (Å²) < 4.78 is 5.71. The average Bonchev–Trinajstić information content (AvgIpc) is 3.15. The molecule has 0 bridgehead atoms. The van der Waals surface area contributed by atoms with Gasteiger partial charge in [0.15, 0.2) is 0 Å². The second-order valence-electron chi connectivity index (χ2n) is 5.20. The van der Waals surface area contributed by atoms with Gasteiger partial charge in [0.25, 0.3) is 5.91 Å². The van der Waals surface area contributed by atoms with E-state index >= 15 is 0 Å². The molecule has 1 fully saturated rings. The molecule has 1 aromatic heterocycles. The van der Waals surface area contributed by atoms with Crippen molar-refractivity contribution in [3.8, 4) is 0 Å². The molecule has 5 heteroatoms. The molecule has 1 saturated heterocycles. The highest BCUT2D eigenvalue weighted by atomic mass is 16.3. The normalized spacial score (nSPS) is 14.6. The van der Waals surface area contributed by atoms with Crippen molar-refractivity contribution < 1.29 is 14.0 Å². The minimum absolute atomic E-state index is 0.128. The van der Waals surface area contributed by atoms with E-state index in [1.165, 1.54) is 0 Å². The summed E-state index contributed by atoms with van der Waals surface area (Å²) in [4.78, 5) is 26.1. The predicted octanol–water partition coefficient (Wildman–Crippen LogP) is 3.02. The number of carbonyl (C=O) groups is 2. The van der Waals surface area contributed by atoms with Crippen LogP contribution in [0.15, 0.2) is 28.7 Å². The molecule has 0 saturated carbocycles. The summed E-state index contributed by atoms with van der Waals surface area (Å²) in [6.07, 6.45) is 2.39. The number of hydrogen-bond acceptors (Lipinski definition) is 3. The summed E-state index contributed by atoms with van der Waals surface area (Å²) in [5.41, 5.74) is 1.11. The fourth-order valence-electron chi connectivity index (χ4n) is 2.61. The molecule has 1 N–H and O–H groups in total. The first kappa shape index (κ1) is 13.7. The van der Waals surface area contributed by atoms with E-state index in [0.29, 0.717) is 17.7 Å². The Morgan fingerprint density at radius 2 is 1.95 bits per heavy atom. The number of nitrogens with one attached hydrogen (secondary N) is 1. The van der Waals surface area contributed by atoms with Crippen molar-refractivity contribution in [1.29, 1.82) is 0 Å². The highest BCUT2D eigenvalue weighted by Gasteiger charge is 2.27. The minimum atomic E-state index is -0.143. The van der Waals surface area contributed by atoms with Crippen LogP contribution < -0.4 is 5.32 Å². The summed E-state index contributed by atoms with van der Waals surface area (Å²) in [6, 6.07) is 7.37. The third-order valence-electron chi connectivity index (χ3n) is 3.77. The number of nitrogens with zero attached hydrogens (tertiary/aromatic N) is 1. The van der Waals surface area contributed by atoms with Crippen LogP contribution in [0, 0.1) is 0 Å². The molecular weight excluding hydrogens is 268 g/mol. The van der Waals surface area contributed by atoms with Crippen LogP contribution in [0.2, 0.25) is 0 Å². The molecule has 0 unspecified atom stereocenters. The van der Waals surface area contributed by atoms with Crippen molar-refractivity contribution in [3.05, 3.63) is 30.0 Å². The minimum Gasteiger partial charge on any atom is -0.449 e. The zero-order valence-electron chi connectivity index (χ0n) is 12.0. The van der Waals surface area contributed by atoms with Gasteiger partial charge < -0.3 is 14.6 Å². The monoisotopic (exact) mass is 286 g/mol. The molecule has 1 aliphatic heterocycles. The van der Waals surface area contributed by atoms with Gasteiger partial charge >= 0.3 is 0 Å². The van der Waals surface area contributed by atoms with E-state index in [1.807, 2.05) is 18.2 Å². The van der Waals surface area contributed by atoms with Gasteiger partial charge in [0.1, 0.15) is 11.3 Å². The Morgan fingerprint density at radius 1 is 1.24 bits per heavy atom. The number of likely N-dealkylation sites (tertiary alicyclic amines) is 1. The van der Waals surface area contributed by atoms with Crippen molar-refractivity contribution in [2.24, 2.45) is 0 Å². The second kappa shape index (κ2) is 5.60. The quantitative estimate of drug-likeness (QED) is 0.943. The largest absolute Gasteiger partial charge is 0.449 e. The topological polar surface area (TPSA) is 62.6 Å². The second-order valence-corrected chi connectivity index (χ2v) is 5.20. The lowest BCUT2D eigenvalue weighted by Crippen LogP contribution is -2.28. The summed E-state index contributed by atoms with van der Waals surface area (Å²) in [5.74, 6) is -0.0352. The number of para-hydroxylation sites is 1. The Hall–Kier alpha value is -2.30. The number of hydrogen-bond donors (Lipinski definition) is 1. The zero-order valence-corrected chi connectivity index (χ0v) is 12.0. The first-order chi connectivity index (χ1) is 10.2. The fraction of sp³-hybridized carbons (Fsp3) is 0.375. The predicted molar refractivity (Wildman–Crippen MR) is 80.3 cm³/mol. The van der Waals surface area contributed by atoms with Gasteiger partial charge in [-0.25, -0.2) is 0 Å². The molecule has 2 amide bonds. The zero-order chi connectivity index (χ0) is 14.8. The number of furan rings is 1. The number of amides is 2. The van der Waals surface area contributed by atoms with Gasteiger partial charge in [-0.15, -0.1) is 0 Å². The third-order valence-corrected chi connectivity index (χ3v) is 3.77. The maximum Gasteiger partial charge on any atom is 0.291 e. The molecule has 0 spiro atoms. The van der Waals surface area contributed by atoms with Gasteiger partial charge in [-0.1, -0.05) is 19.1 Å². The maximum atomic E-state index is 12.6. The molecule has 0 radical (unpaired) electrons. The van der Waals surface area contributed by atoms with E-state index in [0.717, 1.165) is 31.3 Å². The Labute approximate surface area is 122 Å². The molecule has 1 aliphatic rings. The van der Waals surface area contributed by atoms with Gasteiger partial charge in [-0.2, -0.15) is 0 Å². The smallest absolute Gasteiger partial charge is 0.291 e. The molecule has 5 nitrogen and oxygen atoms in total. The standard InChI is InChI=1S/C16H18N2O3/c1-2-13(19)17-14-11-7-3-4-8-12(11)21-15(14)16(20)18-9-5-6-10-18/h3-4,7-8H,2,5-6,9-10H2,1H3,(H,17,19). The third kappa shape index (κ3) is 2.51. The molecule has 110 valence electrons. The van der Waals surface area contributed by atoms with Crippen LogP contribution in [0.3, 0.4) is 0 Å². The summed E-state index contributed by atoms with van der Waals surface area (Å²) >= 11 is 0. The Balaban J connectivity index is 2.05. The van der Waals surface area contributed by atoms with Crippen LogP contribution >= 0.6 is 0 Å². The van der Waals surface area contributed by atoms with E-state index in [-0.39, 0.29) is 17.6 Å². The van der Waals surface area contributed by atoms with Gasteiger partial charge in [0, 0.05) is 24.9 Å². The van der Waals surface area contributed by atoms with Crippen LogP contribution in [0.4, 0.5) is 5.69 Å². The lowest BCUT2D eigenvalue weighted by Gasteiger charge is -2.14. The lowest BCUT2D eigenvalue weighted by atomic mass is 10.2. The van der Waals surface area contributed by atoms with Crippen molar-refractivity contribution >= 4 is 28.5 Å². The first-order valence-electron chi connectivity index (χ1n) is 7.31. The highest BCUT2D eigenvalue weighted by Crippen LogP contribution is 2.32. The van der Waals surface area contributed by atoms with Gasteiger partial charge in [-0.3, -0.25) is 9.59 Å². The maximum absolute atomic E-state index is 12.6. The highest BCUT2D eigenvalue weighted by molar-refractivity contribution is 6.10. The van der Waals surface area contributed by atoms with Crippen LogP contribution in [-0.4, -0.2) is 29.8 Å². The van der Waals surface area contributed by atoms with Gasteiger partial charge in [0.2, 0.25) is 11.7 Å². The molecule has 0 atom stereocenters. The average molecular weight is 286 g/mol. The van der Waals surface area contributed by atoms with Crippen molar-refractivity contribution in [2.75, 3.05) is 18.4 Å². The van der Waals surface area contributed by atoms with Crippen LogP contribution in [0.25, 0.3) is 11.0 Å². The number of carbonyl (C=O) groups excluding carboxylic acids is 2. The first-order valence-corrected chi connectivity index (χ1v) is 7.31. The fourth-order valence-corrected chi connectivity index (χ4v) is 2.61. The number of benzene rings is 1. The van der Waals surface area contributed by atoms with E-state index in [2.05, 4.69) is 5.32 Å². The molecular formula is C16H18N2O3. The van der Waals surface area contributed by atoms with E-state index in [9.17, 15) is 9.59 Å². The summed E-state index contributed by atoms with van der Waals surface area (Å²) in [5, 5.41) is 3.57. The number of fused-ring (bicyclic) bond motifs is 1. The molecule has 1 aromatic carbocycles. The Kier molecular flexibility index (Phi) is 3.64. The number of anilines is 1. The van der Waals surface area contributed by atoms with E-state index < -0.39 is 0 Å². The number of rotatable bonds is 3. The Bertz CT molecular complexity index is 684.